The maximum absolute atomic E-state index is 11.6. The number of rotatable bonds is 7. The fourth-order valence-corrected chi connectivity index (χ4v) is 1.53. The van der Waals surface area contributed by atoms with Crippen LogP contribution in [0.5, 0.6) is 0 Å². The Balaban J connectivity index is 2.18. The summed E-state index contributed by atoms with van der Waals surface area (Å²) in [6.07, 6.45) is 0.356. The second-order valence-corrected chi connectivity index (χ2v) is 4.74. The van der Waals surface area contributed by atoms with Crippen LogP contribution in [0.3, 0.4) is 0 Å². The Labute approximate surface area is 109 Å². The van der Waals surface area contributed by atoms with Gasteiger partial charge in [0.1, 0.15) is 0 Å². The molecule has 1 aromatic rings. The lowest BCUT2D eigenvalue weighted by molar-refractivity contribution is -0.120. The molecule has 3 N–H and O–H groups in total. The molecule has 18 heavy (non-hydrogen) atoms. The first-order valence-corrected chi connectivity index (χ1v) is 6.27. The zero-order chi connectivity index (χ0) is 13.4. The molecule has 0 radical (unpaired) electrons. The first-order chi connectivity index (χ1) is 8.58. The summed E-state index contributed by atoms with van der Waals surface area (Å²) in [5, 5.41) is 2.82. The lowest BCUT2D eigenvalue weighted by Crippen LogP contribution is -2.29. The minimum absolute atomic E-state index is 0.00579. The van der Waals surface area contributed by atoms with Gasteiger partial charge in [-0.1, -0.05) is 26.0 Å². The maximum Gasteiger partial charge on any atom is 0.224 e. The fourth-order valence-electron chi connectivity index (χ4n) is 1.53. The van der Waals surface area contributed by atoms with Crippen LogP contribution in [-0.4, -0.2) is 25.7 Å². The van der Waals surface area contributed by atoms with E-state index in [9.17, 15) is 4.79 Å². The first kappa shape index (κ1) is 14.5. The van der Waals surface area contributed by atoms with E-state index in [0.717, 1.165) is 12.2 Å². The van der Waals surface area contributed by atoms with Crippen molar-refractivity contribution in [2.45, 2.75) is 20.3 Å². The van der Waals surface area contributed by atoms with Crippen LogP contribution in [-0.2, 0) is 16.0 Å². The minimum atomic E-state index is -0.00579. The third-order valence-corrected chi connectivity index (χ3v) is 2.34. The molecule has 0 aromatic heterocycles. The van der Waals surface area contributed by atoms with Crippen molar-refractivity contribution in [2.24, 2.45) is 5.92 Å². The summed E-state index contributed by atoms with van der Waals surface area (Å²) >= 11 is 0. The number of amides is 1. The topological polar surface area (TPSA) is 64.3 Å². The molecule has 0 aliphatic carbocycles. The summed E-state index contributed by atoms with van der Waals surface area (Å²) in [6.45, 7) is 6.02. The summed E-state index contributed by atoms with van der Waals surface area (Å²) in [7, 11) is 0. The lowest BCUT2D eigenvalue weighted by Gasteiger charge is -2.08. The van der Waals surface area contributed by atoms with E-state index >= 15 is 0 Å². The molecular formula is C14H22N2O2. The Bertz CT molecular complexity index is 378. The standard InChI is InChI=1S/C14H22N2O2/c1-11(2)10-18-7-6-16-14(17)9-12-4-3-5-13(15)8-12/h3-5,8,11H,6-7,9-10,15H2,1-2H3,(H,16,17). The predicted molar refractivity (Wildman–Crippen MR) is 73.2 cm³/mol. The number of nitrogens with one attached hydrogen (secondary N) is 1. The summed E-state index contributed by atoms with van der Waals surface area (Å²) in [5.74, 6) is 0.516. The number of ether oxygens (including phenoxy) is 1. The minimum Gasteiger partial charge on any atom is -0.399 e. The number of benzene rings is 1. The van der Waals surface area contributed by atoms with E-state index in [4.69, 9.17) is 10.5 Å². The third kappa shape index (κ3) is 6.25. The highest BCUT2D eigenvalue weighted by molar-refractivity contribution is 5.78. The van der Waals surface area contributed by atoms with Crippen molar-refractivity contribution in [3.05, 3.63) is 29.8 Å². The molecule has 0 aliphatic rings. The number of hydrogen-bond donors (Lipinski definition) is 2. The predicted octanol–water partition coefficient (Wildman–Crippen LogP) is 1.60. The zero-order valence-electron chi connectivity index (χ0n) is 11.1. The summed E-state index contributed by atoms with van der Waals surface area (Å²) in [4.78, 5) is 11.6. The molecule has 100 valence electrons. The summed E-state index contributed by atoms with van der Waals surface area (Å²) in [6, 6.07) is 7.37. The van der Waals surface area contributed by atoms with E-state index in [1.54, 1.807) is 6.07 Å². The molecule has 0 spiro atoms. The molecule has 0 unspecified atom stereocenters. The molecule has 0 bridgehead atoms. The van der Waals surface area contributed by atoms with Gasteiger partial charge in [0.25, 0.3) is 0 Å². The quantitative estimate of drug-likeness (QED) is 0.570. The number of hydrogen-bond acceptors (Lipinski definition) is 3. The Hall–Kier alpha value is -1.55. The van der Waals surface area contributed by atoms with Crippen LogP contribution >= 0.6 is 0 Å². The van der Waals surface area contributed by atoms with Crippen molar-refractivity contribution in [3.63, 3.8) is 0 Å². The van der Waals surface area contributed by atoms with Crippen LogP contribution < -0.4 is 11.1 Å². The highest BCUT2D eigenvalue weighted by Gasteiger charge is 2.03. The number of carbonyl (C=O) groups excluding carboxylic acids is 1. The molecule has 0 saturated heterocycles. The molecule has 4 nitrogen and oxygen atoms in total. The maximum atomic E-state index is 11.6. The van der Waals surface area contributed by atoms with Crippen LogP contribution in [0, 0.1) is 5.92 Å². The van der Waals surface area contributed by atoms with Gasteiger partial charge in [-0.05, 0) is 23.6 Å². The Kier molecular flexibility index (Phi) is 6.22. The average molecular weight is 250 g/mol. The van der Waals surface area contributed by atoms with Crippen molar-refractivity contribution >= 4 is 11.6 Å². The molecule has 0 atom stereocenters. The largest absolute Gasteiger partial charge is 0.399 e. The van der Waals surface area contributed by atoms with Crippen molar-refractivity contribution < 1.29 is 9.53 Å². The van der Waals surface area contributed by atoms with Gasteiger partial charge in [0.2, 0.25) is 5.91 Å². The zero-order valence-corrected chi connectivity index (χ0v) is 11.1. The number of anilines is 1. The normalized spacial score (nSPS) is 10.6. The van der Waals surface area contributed by atoms with E-state index in [2.05, 4.69) is 19.2 Å². The Morgan fingerprint density at radius 3 is 2.89 bits per heavy atom. The molecule has 0 fully saturated rings. The van der Waals surface area contributed by atoms with E-state index in [-0.39, 0.29) is 5.91 Å². The van der Waals surface area contributed by atoms with Crippen molar-refractivity contribution in [2.75, 3.05) is 25.5 Å². The number of nitrogens with two attached hydrogens (primary N) is 1. The second kappa shape index (κ2) is 7.71. The van der Waals surface area contributed by atoms with Gasteiger partial charge in [0.15, 0.2) is 0 Å². The lowest BCUT2D eigenvalue weighted by atomic mass is 10.1. The Morgan fingerprint density at radius 2 is 2.22 bits per heavy atom. The van der Waals surface area contributed by atoms with Gasteiger partial charge in [-0.3, -0.25) is 4.79 Å². The van der Waals surface area contributed by atoms with Gasteiger partial charge in [0.05, 0.1) is 13.0 Å². The van der Waals surface area contributed by atoms with Gasteiger partial charge >= 0.3 is 0 Å². The molecule has 0 saturated carbocycles. The van der Waals surface area contributed by atoms with Gasteiger partial charge in [-0.2, -0.15) is 0 Å². The smallest absolute Gasteiger partial charge is 0.224 e. The van der Waals surface area contributed by atoms with Gasteiger partial charge in [-0.25, -0.2) is 0 Å². The molecule has 0 aliphatic heterocycles. The van der Waals surface area contributed by atoms with E-state index in [0.29, 0.717) is 31.2 Å². The molecular weight excluding hydrogens is 228 g/mol. The number of carbonyl (C=O) groups is 1. The van der Waals surface area contributed by atoms with E-state index < -0.39 is 0 Å². The molecule has 1 rings (SSSR count). The second-order valence-electron chi connectivity index (χ2n) is 4.74. The van der Waals surface area contributed by atoms with Crippen LogP contribution in [0.2, 0.25) is 0 Å². The highest BCUT2D eigenvalue weighted by atomic mass is 16.5. The molecule has 4 heteroatoms. The fraction of sp³-hybridized carbons (Fsp3) is 0.500. The van der Waals surface area contributed by atoms with Crippen LogP contribution in [0.15, 0.2) is 24.3 Å². The summed E-state index contributed by atoms with van der Waals surface area (Å²) < 4.78 is 5.38. The Morgan fingerprint density at radius 1 is 1.44 bits per heavy atom. The third-order valence-electron chi connectivity index (χ3n) is 2.34. The monoisotopic (exact) mass is 250 g/mol. The van der Waals surface area contributed by atoms with Crippen LogP contribution in [0.4, 0.5) is 5.69 Å². The molecule has 1 aromatic carbocycles. The van der Waals surface area contributed by atoms with Crippen LogP contribution in [0.25, 0.3) is 0 Å². The first-order valence-electron chi connectivity index (χ1n) is 6.27. The number of nitrogen functional groups attached to an aromatic ring is 1. The summed E-state index contributed by atoms with van der Waals surface area (Å²) in [5.41, 5.74) is 7.26. The van der Waals surface area contributed by atoms with Crippen molar-refractivity contribution in [3.8, 4) is 0 Å². The molecule has 1 amide bonds. The van der Waals surface area contributed by atoms with Crippen LogP contribution in [0.1, 0.15) is 19.4 Å². The van der Waals surface area contributed by atoms with Crippen molar-refractivity contribution in [1.29, 1.82) is 0 Å². The van der Waals surface area contributed by atoms with Crippen molar-refractivity contribution in [1.82, 2.24) is 5.32 Å². The van der Waals surface area contributed by atoms with Gasteiger partial charge < -0.3 is 15.8 Å². The highest BCUT2D eigenvalue weighted by Crippen LogP contribution is 2.06. The molecule has 0 heterocycles. The van der Waals surface area contributed by atoms with Gasteiger partial charge in [-0.15, -0.1) is 0 Å². The average Bonchev–Trinajstić information content (AvgIpc) is 2.28. The SMILES string of the molecule is CC(C)COCCNC(=O)Cc1cccc(N)c1. The van der Waals surface area contributed by atoms with E-state index in [1.165, 1.54) is 0 Å². The van der Waals surface area contributed by atoms with E-state index in [1.807, 2.05) is 18.2 Å². The van der Waals surface area contributed by atoms with Gasteiger partial charge in [0, 0.05) is 18.8 Å².